The number of unbranched alkanes of at least 4 members (excludes halogenated alkanes) is 1. The minimum absolute atomic E-state index is 0.0287. The Balaban J connectivity index is 1.13. The van der Waals surface area contributed by atoms with Crippen LogP contribution in [0.25, 0.3) is 22.3 Å². The quantitative estimate of drug-likeness (QED) is 0.0718. The van der Waals surface area contributed by atoms with Crippen molar-refractivity contribution in [1.82, 2.24) is 5.06 Å². The summed E-state index contributed by atoms with van der Waals surface area (Å²) in [6, 6.07) is 30.1. The zero-order chi connectivity index (χ0) is 30.6. The summed E-state index contributed by atoms with van der Waals surface area (Å²) in [5.41, 5.74) is 13.9. The summed E-state index contributed by atoms with van der Waals surface area (Å²) in [4.78, 5) is 39.5. The molecule has 0 spiro atoms. The molecule has 0 fully saturated rings. The van der Waals surface area contributed by atoms with Crippen molar-refractivity contribution in [2.45, 2.75) is 37.1 Å². The number of esters is 1. The van der Waals surface area contributed by atoms with Crippen molar-refractivity contribution in [3.8, 4) is 22.3 Å². The highest BCUT2D eigenvalue weighted by atomic mass is 16.6. The first-order valence-corrected chi connectivity index (χ1v) is 14.9. The Labute approximate surface area is 256 Å². The number of ketones is 1. The first-order valence-electron chi connectivity index (χ1n) is 14.9. The van der Waals surface area contributed by atoms with E-state index in [2.05, 4.69) is 0 Å². The number of carbonyl (C=O) groups excluding carboxylic acids is 3. The zero-order valence-electron chi connectivity index (χ0n) is 24.2. The van der Waals surface area contributed by atoms with E-state index in [1.807, 2.05) is 97.1 Å². The van der Waals surface area contributed by atoms with Gasteiger partial charge in [0.1, 0.15) is 19.3 Å². The van der Waals surface area contributed by atoms with Gasteiger partial charge in [0.25, 0.3) is 5.78 Å². The van der Waals surface area contributed by atoms with Crippen molar-refractivity contribution in [3.63, 3.8) is 0 Å². The molecule has 1 atom stereocenters. The van der Waals surface area contributed by atoms with E-state index in [1.54, 1.807) is 0 Å². The number of hydrogen-bond acceptors (Lipinski definition) is 7. The standard InChI is InChI=1S/C36H34N2O6/c37-20-10-9-19-33(34(39)35(40)43-21-31-27-15-5-1-11-23(27)24-12-2-6-16-28(24)31)38(42)36(41)44-22-32-29-17-7-3-13-25(29)26-14-4-8-18-30(26)32/h1-8,11-18,31-33,42H,9-10,19-22,37H2/t33-/m0/s1. The van der Waals surface area contributed by atoms with Crippen LogP contribution in [0.1, 0.15) is 53.4 Å². The van der Waals surface area contributed by atoms with Gasteiger partial charge >= 0.3 is 12.1 Å². The van der Waals surface area contributed by atoms with Crippen LogP contribution in [0.15, 0.2) is 97.1 Å². The predicted molar refractivity (Wildman–Crippen MR) is 165 cm³/mol. The molecular weight excluding hydrogens is 556 g/mol. The maximum absolute atomic E-state index is 13.4. The third-order valence-corrected chi connectivity index (χ3v) is 8.60. The van der Waals surface area contributed by atoms with Crippen LogP contribution in [0.3, 0.4) is 0 Å². The number of ether oxygens (including phenoxy) is 2. The van der Waals surface area contributed by atoms with E-state index in [0.29, 0.717) is 19.4 Å². The van der Waals surface area contributed by atoms with Crippen molar-refractivity contribution >= 4 is 17.8 Å². The number of nitrogens with two attached hydrogens (primary N) is 1. The number of amides is 1. The number of fused-ring (bicyclic) bond motifs is 6. The molecule has 224 valence electrons. The topological polar surface area (TPSA) is 119 Å². The molecule has 4 aromatic rings. The molecule has 1 amide bonds. The third kappa shape index (κ3) is 5.50. The van der Waals surface area contributed by atoms with Crippen molar-refractivity contribution in [3.05, 3.63) is 119 Å². The van der Waals surface area contributed by atoms with E-state index in [4.69, 9.17) is 15.2 Å². The average Bonchev–Trinajstić information content (AvgIpc) is 3.56. The highest BCUT2D eigenvalue weighted by molar-refractivity contribution is 6.36. The summed E-state index contributed by atoms with van der Waals surface area (Å²) in [6.07, 6.45) is -0.116. The number of hydrogen-bond donors (Lipinski definition) is 2. The van der Waals surface area contributed by atoms with Gasteiger partial charge in [-0.25, -0.2) is 9.59 Å². The summed E-state index contributed by atoms with van der Waals surface area (Å²) in [6.45, 7) is 0.269. The first-order chi connectivity index (χ1) is 21.5. The lowest BCUT2D eigenvalue weighted by atomic mass is 9.98. The lowest BCUT2D eigenvalue weighted by Gasteiger charge is -2.25. The van der Waals surface area contributed by atoms with Gasteiger partial charge in [0, 0.05) is 11.8 Å². The van der Waals surface area contributed by atoms with Crippen LogP contribution in [0.4, 0.5) is 4.79 Å². The molecule has 44 heavy (non-hydrogen) atoms. The fourth-order valence-corrected chi connectivity index (χ4v) is 6.44. The summed E-state index contributed by atoms with van der Waals surface area (Å²) in [7, 11) is 0. The zero-order valence-corrected chi connectivity index (χ0v) is 24.2. The molecule has 3 N–H and O–H groups in total. The summed E-state index contributed by atoms with van der Waals surface area (Å²) in [5.74, 6) is -2.59. The molecule has 0 aromatic heterocycles. The van der Waals surface area contributed by atoms with Crippen molar-refractivity contribution in [2.75, 3.05) is 19.8 Å². The number of carbonyl (C=O) groups is 3. The van der Waals surface area contributed by atoms with Gasteiger partial charge < -0.3 is 15.2 Å². The van der Waals surface area contributed by atoms with E-state index in [0.717, 1.165) is 44.5 Å². The van der Waals surface area contributed by atoms with Crippen LogP contribution in [-0.4, -0.2) is 53.9 Å². The van der Waals surface area contributed by atoms with Crippen LogP contribution in [-0.2, 0) is 19.1 Å². The second-order valence-electron chi connectivity index (χ2n) is 11.1. The maximum Gasteiger partial charge on any atom is 0.434 e. The Hall–Kier alpha value is -4.79. The second kappa shape index (κ2) is 12.8. The van der Waals surface area contributed by atoms with E-state index in [1.165, 1.54) is 0 Å². The fraction of sp³-hybridized carbons (Fsp3) is 0.250. The minimum atomic E-state index is -1.46. The van der Waals surface area contributed by atoms with Gasteiger partial charge in [0.05, 0.1) is 0 Å². The normalized spacial score (nSPS) is 13.8. The molecule has 0 radical (unpaired) electrons. The summed E-state index contributed by atoms with van der Waals surface area (Å²) in [5, 5.41) is 11.1. The van der Waals surface area contributed by atoms with Gasteiger partial charge in [-0.2, -0.15) is 5.06 Å². The highest BCUT2D eigenvalue weighted by Crippen LogP contribution is 2.45. The van der Waals surface area contributed by atoms with Gasteiger partial charge in [-0.3, -0.25) is 10.0 Å². The lowest BCUT2D eigenvalue weighted by Crippen LogP contribution is -2.46. The third-order valence-electron chi connectivity index (χ3n) is 8.60. The van der Waals surface area contributed by atoms with Gasteiger partial charge in [-0.1, -0.05) is 97.1 Å². The molecule has 0 saturated heterocycles. The van der Waals surface area contributed by atoms with Gasteiger partial charge in [0.2, 0.25) is 0 Å². The Kier molecular flexibility index (Phi) is 8.54. The van der Waals surface area contributed by atoms with Crippen molar-refractivity contribution in [2.24, 2.45) is 5.73 Å². The van der Waals surface area contributed by atoms with Crippen LogP contribution in [0, 0.1) is 0 Å². The second-order valence-corrected chi connectivity index (χ2v) is 11.1. The molecular formula is C36H34N2O6. The molecule has 0 heterocycles. The Morgan fingerprint density at radius 3 is 1.50 bits per heavy atom. The first kappa shape index (κ1) is 29.3. The molecule has 0 aliphatic heterocycles. The fourth-order valence-electron chi connectivity index (χ4n) is 6.44. The Bertz CT molecular complexity index is 1610. The van der Waals surface area contributed by atoms with Crippen molar-refractivity contribution in [1.29, 1.82) is 0 Å². The molecule has 8 heteroatoms. The van der Waals surface area contributed by atoms with Gasteiger partial charge in [-0.15, -0.1) is 0 Å². The number of nitrogens with zero attached hydrogens (tertiary/aromatic N) is 1. The van der Waals surface area contributed by atoms with E-state index >= 15 is 0 Å². The number of benzene rings is 4. The molecule has 0 unspecified atom stereocenters. The molecule has 0 saturated carbocycles. The molecule has 4 aromatic carbocycles. The van der Waals surface area contributed by atoms with Crippen LogP contribution in [0.5, 0.6) is 0 Å². The molecule has 2 aliphatic carbocycles. The number of rotatable bonds is 11. The minimum Gasteiger partial charge on any atom is -0.459 e. The van der Waals surface area contributed by atoms with Gasteiger partial charge in [0.15, 0.2) is 0 Å². The van der Waals surface area contributed by atoms with Crippen LogP contribution >= 0.6 is 0 Å². The van der Waals surface area contributed by atoms with E-state index in [-0.39, 0.29) is 36.5 Å². The van der Waals surface area contributed by atoms with Gasteiger partial charge in [-0.05, 0) is 70.3 Å². The molecule has 2 aliphatic rings. The smallest absolute Gasteiger partial charge is 0.434 e. The Morgan fingerprint density at radius 1 is 0.659 bits per heavy atom. The SMILES string of the molecule is NCCCC[C@@H](C(=O)C(=O)OCC1c2ccccc2-c2ccccc21)N(O)C(=O)OCC1c2ccccc2-c2ccccc21. The predicted octanol–water partition coefficient (Wildman–Crippen LogP) is 6.05. The van der Waals surface area contributed by atoms with E-state index < -0.39 is 23.9 Å². The lowest BCUT2D eigenvalue weighted by molar-refractivity contribution is -0.164. The van der Waals surface area contributed by atoms with Crippen LogP contribution in [0.2, 0.25) is 0 Å². The summed E-state index contributed by atoms with van der Waals surface area (Å²) < 4.78 is 11.1. The average molecular weight is 591 g/mol. The Morgan fingerprint density at radius 2 is 1.07 bits per heavy atom. The van der Waals surface area contributed by atoms with Crippen molar-refractivity contribution < 1.29 is 29.1 Å². The highest BCUT2D eigenvalue weighted by Gasteiger charge is 2.37. The molecule has 0 bridgehead atoms. The van der Waals surface area contributed by atoms with E-state index in [9.17, 15) is 19.6 Å². The maximum atomic E-state index is 13.4. The van der Waals surface area contributed by atoms with Crippen LogP contribution < -0.4 is 5.73 Å². The molecule has 8 nitrogen and oxygen atoms in total. The monoisotopic (exact) mass is 590 g/mol. The number of hydroxylamine groups is 2. The summed E-state index contributed by atoms with van der Waals surface area (Å²) >= 11 is 0. The number of Topliss-reactive ketones (excluding diaryl/α,β-unsaturated/α-hetero) is 1. The molecule has 6 rings (SSSR count). The largest absolute Gasteiger partial charge is 0.459 e.